The van der Waals surface area contributed by atoms with Gasteiger partial charge >= 0.3 is 0 Å². The van der Waals surface area contributed by atoms with Crippen molar-refractivity contribution in [3.05, 3.63) is 84.6 Å². The minimum Gasteiger partial charge on any atom is -0.455 e. The SMILES string of the molecule is Cc1cnc(-c2cccc3c2oc2cc4c(ccc5ccccc54)cc23)cc1[Si](CC(C)C)(CC(C)C)CC(C)C. The smallest absolute Gasteiger partial charge is 0.144 e. The first-order valence-corrected chi connectivity index (χ1v) is 18.0. The molecule has 0 atom stereocenters. The van der Waals surface area contributed by atoms with E-state index >= 15 is 0 Å². The van der Waals surface area contributed by atoms with Crippen molar-refractivity contribution in [2.24, 2.45) is 17.8 Å². The molecule has 0 saturated heterocycles. The molecule has 0 fully saturated rings. The molecular weight excluding hydrogens is 515 g/mol. The van der Waals surface area contributed by atoms with Gasteiger partial charge in [-0.25, -0.2) is 0 Å². The van der Waals surface area contributed by atoms with Crippen LogP contribution in [0.1, 0.15) is 47.1 Å². The third-order valence-electron chi connectivity index (χ3n) is 8.71. The standard InChI is InChI=1S/C38H43NOSi/c1-24(2)21-41(22-25(3)4,23-26(5)6)37-19-35(39-20-27(37)7)32-14-10-13-31-34-17-29-16-15-28-11-8-9-12-30(28)33(29)18-36(34)40-38(31)32/h8-20,24-26H,21-23H2,1-7H3. The number of para-hydroxylation sites is 1. The number of aromatic nitrogens is 1. The molecule has 0 aliphatic rings. The Morgan fingerprint density at radius 1 is 0.659 bits per heavy atom. The van der Waals surface area contributed by atoms with Crippen LogP contribution in [-0.4, -0.2) is 13.1 Å². The molecule has 2 aromatic heterocycles. The van der Waals surface area contributed by atoms with Crippen molar-refractivity contribution in [1.29, 1.82) is 0 Å². The zero-order valence-electron chi connectivity index (χ0n) is 25.7. The van der Waals surface area contributed by atoms with Crippen LogP contribution in [0.5, 0.6) is 0 Å². The molecule has 0 saturated carbocycles. The molecule has 0 unspecified atom stereocenters. The maximum Gasteiger partial charge on any atom is 0.144 e. The molecule has 6 aromatic rings. The summed E-state index contributed by atoms with van der Waals surface area (Å²) in [5.41, 5.74) is 5.37. The Bertz CT molecular complexity index is 1850. The highest BCUT2D eigenvalue weighted by Crippen LogP contribution is 2.39. The number of pyridine rings is 1. The van der Waals surface area contributed by atoms with Crippen molar-refractivity contribution >= 4 is 56.7 Å². The van der Waals surface area contributed by atoms with Crippen LogP contribution in [0, 0.1) is 24.7 Å². The zero-order chi connectivity index (χ0) is 28.9. The Hall–Kier alpha value is -3.43. The van der Waals surface area contributed by atoms with Gasteiger partial charge in [-0.15, -0.1) is 0 Å². The van der Waals surface area contributed by atoms with E-state index in [0.29, 0.717) is 17.8 Å². The van der Waals surface area contributed by atoms with Crippen molar-refractivity contribution in [3.8, 4) is 11.3 Å². The highest BCUT2D eigenvalue weighted by Gasteiger charge is 2.38. The fraction of sp³-hybridized carbons (Fsp3) is 0.342. The molecule has 3 heteroatoms. The summed E-state index contributed by atoms with van der Waals surface area (Å²) < 4.78 is 6.72. The summed E-state index contributed by atoms with van der Waals surface area (Å²) in [6, 6.07) is 30.6. The third kappa shape index (κ3) is 5.10. The molecule has 2 nitrogen and oxygen atoms in total. The quantitative estimate of drug-likeness (QED) is 0.137. The van der Waals surface area contributed by atoms with Crippen LogP contribution in [0.2, 0.25) is 18.1 Å². The minimum absolute atomic E-state index is 0.680. The van der Waals surface area contributed by atoms with E-state index in [2.05, 4.69) is 127 Å². The van der Waals surface area contributed by atoms with Crippen molar-refractivity contribution in [2.75, 3.05) is 0 Å². The van der Waals surface area contributed by atoms with Gasteiger partial charge in [-0.2, -0.15) is 0 Å². The van der Waals surface area contributed by atoms with Gasteiger partial charge in [0.25, 0.3) is 0 Å². The molecule has 0 aliphatic heterocycles. The largest absolute Gasteiger partial charge is 0.455 e. The summed E-state index contributed by atoms with van der Waals surface area (Å²) in [5, 5.41) is 8.92. The van der Waals surface area contributed by atoms with Crippen LogP contribution in [0.25, 0.3) is 54.7 Å². The summed E-state index contributed by atoms with van der Waals surface area (Å²) in [6.45, 7) is 16.7. The Labute approximate surface area is 245 Å². The van der Waals surface area contributed by atoms with E-state index in [4.69, 9.17) is 9.40 Å². The van der Waals surface area contributed by atoms with Gasteiger partial charge < -0.3 is 4.42 Å². The molecule has 4 aromatic carbocycles. The number of hydrogen-bond acceptors (Lipinski definition) is 2. The highest BCUT2D eigenvalue weighted by molar-refractivity contribution is 6.92. The predicted molar refractivity (Wildman–Crippen MR) is 181 cm³/mol. The fourth-order valence-corrected chi connectivity index (χ4v) is 14.9. The monoisotopic (exact) mass is 557 g/mol. The van der Waals surface area contributed by atoms with Gasteiger partial charge in [-0.3, -0.25) is 4.98 Å². The van der Waals surface area contributed by atoms with Gasteiger partial charge in [0.15, 0.2) is 0 Å². The first kappa shape index (κ1) is 27.7. The normalized spacial score (nSPS) is 12.7. The Morgan fingerprint density at radius 2 is 1.32 bits per heavy atom. The van der Waals surface area contributed by atoms with E-state index < -0.39 is 8.07 Å². The molecule has 2 heterocycles. The van der Waals surface area contributed by atoms with Crippen LogP contribution >= 0.6 is 0 Å². The summed E-state index contributed by atoms with van der Waals surface area (Å²) >= 11 is 0. The lowest BCUT2D eigenvalue weighted by Gasteiger charge is -2.38. The number of aryl methyl sites for hydroxylation is 1. The zero-order valence-corrected chi connectivity index (χ0v) is 26.7. The molecule has 0 radical (unpaired) electrons. The molecule has 0 amide bonds. The Balaban J connectivity index is 1.56. The van der Waals surface area contributed by atoms with E-state index in [1.165, 1.54) is 50.6 Å². The van der Waals surface area contributed by atoms with Crippen LogP contribution in [-0.2, 0) is 0 Å². The van der Waals surface area contributed by atoms with Crippen LogP contribution in [0.15, 0.2) is 83.4 Å². The van der Waals surface area contributed by atoms with E-state index in [0.717, 1.165) is 27.8 Å². The van der Waals surface area contributed by atoms with Gasteiger partial charge in [0.2, 0.25) is 0 Å². The Morgan fingerprint density at radius 3 is 2.02 bits per heavy atom. The molecule has 0 aliphatic carbocycles. The first-order chi connectivity index (χ1) is 19.6. The van der Waals surface area contributed by atoms with E-state index in [9.17, 15) is 0 Å². The van der Waals surface area contributed by atoms with Crippen molar-refractivity contribution in [3.63, 3.8) is 0 Å². The minimum atomic E-state index is -1.80. The first-order valence-electron chi connectivity index (χ1n) is 15.4. The van der Waals surface area contributed by atoms with Crippen molar-refractivity contribution < 1.29 is 4.42 Å². The second kappa shape index (κ2) is 10.8. The summed E-state index contributed by atoms with van der Waals surface area (Å²) in [7, 11) is -1.80. The summed E-state index contributed by atoms with van der Waals surface area (Å²) in [4.78, 5) is 5.04. The summed E-state index contributed by atoms with van der Waals surface area (Å²) in [6.07, 6.45) is 2.13. The summed E-state index contributed by atoms with van der Waals surface area (Å²) in [5.74, 6) is 2.04. The number of nitrogens with zero attached hydrogens (tertiary/aromatic N) is 1. The fourth-order valence-electron chi connectivity index (χ4n) is 7.67. The highest BCUT2D eigenvalue weighted by atomic mass is 28.3. The predicted octanol–water partition coefficient (Wildman–Crippen LogP) is 10.9. The second-order valence-electron chi connectivity index (χ2n) is 13.6. The average molecular weight is 558 g/mol. The molecular formula is C38H43NOSi. The second-order valence-corrected chi connectivity index (χ2v) is 17.9. The maximum atomic E-state index is 6.72. The number of hydrogen-bond donors (Lipinski definition) is 0. The van der Waals surface area contributed by atoms with Crippen molar-refractivity contribution in [2.45, 2.75) is 66.6 Å². The molecule has 210 valence electrons. The van der Waals surface area contributed by atoms with Gasteiger partial charge in [0.1, 0.15) is 11.2 Å². The third-order valence-corrected chi connectivity index (χ3v) is 15.2. The molecule has 6 rings (SSSR count). The van der Waals surface area contributed by atoms with E-state index in [-0.39, 0.29) is 0 Å². The molecule has 0 bridgehead atoms. The number of benzene rings is 4. The van der Waals surface area contributed by atoms with Gasteiger partial charge in [0.05, 0.1) is 13.8 Å². The van der Waals surface area contributed by atoms with Crippen LogP contribution in [0.3, 0.4) is 0 Å². The molecule has 0 spiro atoms. The van der Waals surface area contributed by atoms with E-state index in [1.807, 2.05) is 0 Å². The number of rotatable bonds is 8. The molecule has 0 N–H and O–H groups in total. The Kier molecular flexibility index (Phi) is 7.28. The molecule has 41 heavy (non-hydrogen) atoms. The lowest BCUT2D eigenvalue weighted by molar-refractivity contribution is 0.649. The topological polar surface area (TPSA) is 26.0 Å². The maximum absolute atomic E-state index is 6.72. The lowest BCUT2D eigenvalue weighted by Crippen LogP contribution is -2.51. The number of fused-ring (bicyclic) bond motifs is 6. The van der Waals surface area contributed by atoms with Gasteiger partial charge in [-0.05, 0) is 76.1 Å². The van der Waals surface area contributed by atoms with Crippen LogP contribution < -0.4 is 5.19 Å². The average Bonchev–Trinajstić information content (AvgIpc) is 3.28. The van der Waals surface area contributed by atoms with E-state index in [1.54, 1.807) is 5.19 Å². The van der Waals surface area contributed by atoms with Gasteiger partial charge in [-0.1, -0.05) is 113 Å². The number of furan rings is 1. The van der Waals surface area contributed by atoms with Crippen LogP contribution in [0.4, 0.5) is 0 Å². The van der Waals surface area contributed by atoms with Crippen molar-refractivity contribution in [1.82, 2.24) is 4.98 Å². The van der Waals surface area contributed by atoms with Gasteiger partial charge in [0, 0.05) is 22.5 Å². The lowest BCUT2D eigenvalue weighted by atomic mass is 9.99.